The third-order valence-corrected chi connectivity index (χ3v) is 27.5. The number of benzene rings is 21. The van der Waals surface area contributed by atoms with Gasteiger partial charge in [-0.05, 0) is 180 Å². The van der Waals surface area contributed by atoms with E-state index in [1.54, 1.807) is 0 Å². The van der Waals surface area contributed by atoms with Crippen LogP contribution in [0.25, 0.3) is 269 Å². The highest BCUT2D eigenvalue weighted by atomic mass is 32.1. The molecule has 28 rings (SSSR count). The summed E-state index contributed by atoms with van der Waals surface area (Å²) in [6.07, 6.45) is 0. The van der Waals surface area contributed by atoms with Crippen molar-refractivity contribution in [3.8, 4) is 107 Å². The number of hydrogen-bond acceptors (Lipinski definition) is 9. The summed E-state index contributed by atoms with van der Waals surface area (Å²) in [7, 11) is 0. The predicted octanol–water partition coefficient (Wildman–Crippen LogP) is 33.8. The molecule has 0 N–H and O–H groups in total. The lowest BCUT2D eigenvalue weighted by Gasteiger charge is -2.14. The number of fused-ring (bicyclic) bond motifs is 22. The number of nitrogens with zero attached hydrogens (tertiary/aromatic N) is 7. The van der Waals surface area contributed by atoms with Crippen LogP contribution in [0.5, 0.6) is 0 Å². The minimum absolute atomic E-state index is 0.717. The summed E-state index contributed by atoms with van der Waals surface area (Å²) in [5.74, 6) is 2.17. The minimum atomic E-state index is 0.717. The third-order valence-electron chi connectivity index (χ3n) is 26.4. The second-order valence-corrected chi connectivity index (χ2v) is 35.3. The van der Waals surface area contributed by atoms with Crippen LogP contribution in [0.3, 0.4) is 0 Å². The van der Waals surface area contributed by atoms with Gasteiger partial charge in [-0.3, -0.25) is 0 Å². The van der Waals surface area contributed by atoms with Crippen molar-refractivity contribution >= 4 is 173 Å². The zero-order valence-electron chi connectivity index (χ0n) is 72.2. The van der Waals surface area contributed by atoms with E-state index in [0.29, 0.717) is 5.82 Å². The lowest BCUT2D eigenvalue weighted by Crippen LogP contribution is -1.96. The van der Waals surface area contributed by atoms with Gasteiger partial charge in [0.25, 0.3) is 0 Å². The Balaban J connectivity index is 0.000000106. The van der Waals surface area contributed by atoms with Gasteiger partial charge < -0.3 is 13.4 Å². The maximum atomic E-state index is 6.20. The fraction of sp³-hybridized carbons (Fsp3) is 0. The molecule has 0 amide bonds. The molecule has 9 nitrogen and oxygen atoms in total. The summed E-state index contributed by atoms with van der Waals surface area (Å²) >= 11 is 1.86. The van der Waals surface area contributed by atoms with Crippen LogP contribution in [0.15, 0.2) is 464 Å². The average Bonchev–Trinajstić information content (AvgIpc) is 1.67. The van der Waals surface area contributed by atoms with E-state index in [-0.39, 0.29) is 0 Å². The van der Waals surface area contributed by atoms with Gasteiger partial charge in [-0.2, -0.15) is 0 Å². The van der Waals surface area contributed by atoms with E-state index in [2.05, 4.69) is 387 Å². The summed E-state index contributed by atoms with van der Waals surface area (Å²) in [5.41, 5.74) is 26.0. The lowest BCUT2D eigenvalue weighted by molar-refractivity contribution is 0.669. The quantitative estimate of drug-likeness (QED) is 0.133. The molecule has 7 heterocycles. The summed E-state index contributed by atoms with van der Waals surface area (Å²) in [5, 5.41) is 22.5. The molecular formula is C124H75N7O2S. The fourth-order valence-electron chi connectivity index (χ4n) is 20.0. The molecule has 28 aromatic rings. The van der Waals surface area contributed by atoms with E-state index < -0.39 is 0 Å². The molecular weight excluding hydrogens is 1650 g/mol. The van der Waals surface area contributed by atoms with Gasteiger partial charge in [-0.25, -0.2) is 29.9 Å². The molecule has 0 saturated carbocycles. The molecule has 7 aromatic heterocycles. The molecule has 0 fully saturated rings. The Bertz CT molecular complexity index is 9580. The molecule has 134 heavy (non-hydrogen) atoms. The summed E-state index contributed by atoms with van der Waals surface area (Å²) in [6, 6.07) is 160. The van der Waals surface area contributed by atoms with E-state index in [9.17, 15) is 0 Å². The van der Waals surface area contributed by atoms with Crippen molar-refractivity contribution in [3.63, 3.8) is 0 Å². The molecule has 0 unspecified atom stereocenters. The predicted molar refractivity (Wildman–Crippen MR) is 559 cm³/mol. The number of furan rings is 2. The second-order valence-electron chi connectivity index (χ2n) is 34.2. The van der Waals surface area contributed by atoms with Crippen molar-refractivity contribution in [2.45, 2.75) is 0 Å². The molecule has 0 radical (unpaired) electrons. The van der Waals surface area contributed by atoms with Crippen LogP contribution in [0, 0.1) is 0 Å². The van der Waals surface area contributed by atoms with E-state index in [1.165, 1.54) is 96.2 Å². The smallest absolute Gasteiger partial charge is 0.161 e. The maximum Gasteiger partial charge on any atom is 0.161 e. The van der Waals surface area contributed by atoms with Crippen LogP contribution in [0.2, 0.25) is 0 Å². The first kappa shape index (κ1) is 77.4. The van der Waals surface area contributed by atoms with E-state index >= 15 is 0 Å². The molecule has 0 aliphatic carbocycles. The average molecular weight is 1730 g/mol. The van der Waals surface area contributed by atoms with Crippen LogP contribution in [-0.4, -0.2) is 34.5 Å². The Kier molecular flexibility index (Phi) is 18.6. The van der Waals surface area contributed by atoms with Crippen LogP contribution < -0.4 is 0 Å². The zero-order valence-corrected chi connectivity index (χ0v) is 73.0. The van der Waals surface area contributed by atoms with Gasteiger partial charge in [-0.15, -0.1) is 11.3 Å². The lowest BCUT2D eigenvalue weighted by atomic mass is 9.92. The van der Waals surface area contributed by atoms with Crippen molar-refractivity contribution < 1.29 is 8.83 Å². The Morgan fingerprint density at radius 1 is 0.187 bits per heavy atom. The Morgan fingerprint density at radius 2 is 0.560 bits per heavy atom. The number of para-hydroxylation sites is 7. The summed E-state index contributed by atoms with van der Waals surface area (Å²) in [4.78, 5) is 30.5. The van der Waals surface area contributed by atoms with Gasteiger partial charge in [0.15, 0.2) is 17.5 Å². The number of aromatic nitrogens is 7. The summed E-state index contributed by atoms with van der Waals surface area (Å²) < 4.78 is 17.3. The largest absolute Gasteiger partial charge is 0.456 e. The maximum absolute atomic E-state index is 6.20. The normalized spacial score (nSPS) is 11.7. The number of thiophene rings is 1. The van der Waals surface area contributed by atoms with Gasteiger partial charge >= 0.3 is 0 Å². The van der Waals surface area contributed by atoms with Gasteiger partial charge in [-0.1, -0.05) is 352 Å². The van der Waals surface area contributed by atoms with Crippen molar-refractivity contribution in [1.82, 2.24) is 34.5 Å². The zero-order chi connectivity index (χ0) is 88.3. The molecule has 21 aromatic carbocycles. The number of rotatable bonds is 10. The van der Waals surface area contributed by atoms with Gasteiger partial charge in [0.1, 0.15) is 22.3 Å². The van der Waals surface area contributed by atoms with Crippen molar-refractivity contribution in [2.75, 3.05) is 0 Å². The second kappa shape index (κ2) is 32.2. The molecule has 0 spiro atoms. The Morgan fingerprint density at radius 3 is 1.11 bits per heavy atom. The highest BCUT2D eigenvalue weighted by Crippen LogP contribution is 2.46. The van der Waals surface area contributed by atoms with Gasteiger partial charge in [0.05, 0.1) is 44.7 Å². The molecule has 0 saturated heterocycles. The van der Waals surface area contributed by atoms with Crippen LogP contribution in [0.4, 0.5) is 0 Å². The number of hydrogen-bond donors (Lipinski definition) is 0. The van der Waals surface area contributed by atoms with Crippen LogP contribution >= 0.6 is 11.3 Å². The van der Waals surface area contributed by atoms with Crippen molar-refractivity contribution in [1.29, 1.82) is 0 Å². The summed E-state index contributed by atoms with van der Waals surface area (Å²) in [6.45, 7) is 0. The van der Waals surface area contributed by atoms with Crippen LogP contribution in [0.1, 0.15) is 0 Å². The Hall–Kier alpha value is -17.7. The minimum Gasteiger partial charge on any atom is -0.456 e. The van der Waals surface area contributed by atoms with E-state index in [1.807, 2.05) is 84.1 Å². The topological polar surface area (TPSA) is 109 Å². The highest BCUT2D eigenvalue weighted by molar-refractivity contribution is 7.26. The first-order valence-corrected chi connectivity index (χ1v) is 46.0. The van der Waals surface area contributed by atoms with Gasteiger partial charge in [0, 0.05) is 108 Å². The first-order chi connectivity index (χ1) is 66.4. The SMILES string of the molecule is c1ccc(-c2nc(-c3ccc(-c4ccc5ccc6oc7ccccc7c6c5c4)c4ccccc34)nc3ccccc23)cc1.c1ccc(-c2nc(-c3ccc(-c4ccc5ccc6oc7ccccc7c6c5c4)cc3)nc3ccccc23)cc1.c1ccc(-n2c3ccccc3c3ccc(-c4nc(-c5ccc(-c6ccc7ccc8sc9ccccc9c8c7c6)cc5)nc5ccccc45)cc32)cc1. The molecule has 624 valence electrons. The Labute approximate surface area is 772 Å². The van der Waals surface area contributed by atoms with Crippen molar-refractivity contribution in [2.24, 2.45) is 0 Å². The molecule has 0 bridgehead atoms. The van der Waals surface area contributed by atoms with Crippen molar-refractivity contribution in [3.05, 3.63) is 455 Å². The molecule has 0 aliphatic rings. The molecule has 10 heteroatoms. The fourth-order valence-corrected chi connectivity index (χ4v) is 21.1. The first-order valence-electron chi connectivity index (χ1n) is 45.2. The van der Waals surface area contributed by atoms with E-state index in [0.717, 1.165) is 167 Å². The van der Waals surface area contributed by atoms with Gasteiger partial charge in [0.2, 0.25) is 0 Å². The highest BCUT2D eigenvalue weighted by Gasteiger charge is 2.23. The third kappa shape index (κ3) is 13.4. The molecule has 0 aliphatic heterocycles. The van der Waals surface area contributed by atoms with E-state index in [4.69, 9.17) is 38.7 Å². The van der Waals surface area contributed by atoms with Crippen LogP contribution in [-0.2, 0) is 0 Å². The standard InChI is InChI=1S/C48H29N3S.C40H24N2O.C36H22N2O/c1-2-10-35(11-3-1)51-42-16-8-5-12-36(42)37-26-24-34(29-43(37)51)47-38-13-4-7-15-41(38)49-48(50-47)32-21-18-30(19-22-32)33-23-20-31-25-27-45-46(40(31)28-33)39-14-6-9-17-44(39)52-45;1-2-10-26(11-3-1)39-32-14-6-8-16-35(32)41-40(42-39)31-22-21-28(29-12-4-5-13-30(29)31)27-19-18-25-20-23-37-38(34(25)24-27)33-15-7-9-17-36(33)43-37;1-2-8-25(9-3-1)35-28-10-4-6-12-31(28)37-36(38-35)26-17-14-23(15-18-26)27-19-16-24-20-21-33-34(30(24)22-27)29-11-5-7-13-32(29)39-33/h1-29H;1-24H;1-22H. The monoisotopic (exact) mass is 1730 g/mol. The molecule has 0 atom stereocenters.